The quantitative estimate of drug-likeness (QED) is 0.936. The topological polar surface area (TPSA) is 66.6 Å². The van der Waals surface area contributed by atoms with Crippen molar-refractivity contribution < 1.29 is 14.4 Å². The van der Waals surface area contributed by atoms with Gasteiger partial charge in [0, 0.05) is 24.7 Å². The number of piperidine rings is 1. The Kier molecular flexibility index (Phi) is 4.01. The first kappa shape index (κ1) is 13.8. The largest absolute Gasteiger partial charge is 0.481 e. The lowest BCUT2D eigenvalue weighted by Crippen LogP contribution is -2.38. The van der Waals surface area contributed by atoms with Gasteiger partial charge in [-0.3, -0.25) is 9.69 Å². The maximum atomic E-state index is 11.1. The van der Waals surface area contributed by atoms with E-state index in [-0.39, 0.29) is 5.92 Å². The molecule has 2 aromatic rings. The van der Waals surface area contributed by atoms with Crippen LogP contribution >= 0.6 is 0 Å². The minimum Gasteiger partial charge on any atom is -0.481 e. The highest BCUT2D eigenvalue weighted by molar-refractivity contribution is 5.70. The zero-order valence-corrected chi connectivity index (χ0v) is 11.7. The van der Waals surface area contributed by atoms with Gasteiger partial charge in [-0.15, -0.1) is 0 Å². The fourth-order valence-corrected chi connectivity index (χ4v) is 2.75. The molecular weight excluding hydrogens is 268 g/mol. The third kappa shape index (κ3) is 3.31. The Balaban J connectivity index is 1.66. The van der Waals surface area contributed by atoms with Crippen molar-refractivity contribution in [2.45, 2.75) is 19.4 Å². The second-order valence-electron chi connectivity index (χ2n) is 5.46. The summed E-state index contributed by atoms with van der Waals surface area (Å²) in [6.45, 7) is 2.14. The molecule has 110 valence electrons. The van der Waals surface area contributed by atoms with Gasteiger partial charge in [-0.25, -0.2) is 0 Å². The van der Waals surface area contributed by atoms with Crippen molar-refractivity contribution in [2.24, 2.45) is 5.92 Å². The first-order valence-electron chi connectivity index (χ1n) is 7.18. The number of carboxylic acids is 1. The molecule has 1 N–H and O–H groups in total. The number of benzene rings is 1. The van der Waals surface area contributed by atoms with Gasteiger partial charge in [0.15, 0.2) is 5.76 Å². The Morgan fingerprint density at radius 1 is 1.38 bits per heavy atom. The van der Waals surface area contributed by atoms with Gasteiger partial charge in [0.05, 0.1) is 11.6 Å². The standard InChI is InChI=1S/C16H18N2O3/c19-16(20)13-7-4-8-18(10-13)11-14-9-15(21-17-14)12-5-2-1-3-6-12/h1-3,5-6,9,13H,4,7-8,10-11H2,(H,19,20). The van der Waals surface area contributed by atoms with Crippen LogP contribution in [-0.2, 0) is 11.3 Å². The van der Waals surface area contributed by atoms with Crippen LogP contribution in [0, 0.1) is 5.92 Å². The molecule has 21 heavy (non-hydrogen) atoms. The van der Waals surface area contributed by atoms with Gasteiger partial charge >= 0.3 is 5.97 Å². The normalized spacial score (nSPS) is 19.5. The highest BCUT2D eigenvalue weighted by Crippen LogP contribution is 2.22. The molecule has 1 atom stereocenters. The molecule has 0 bridgehead atoms. The van der Waals surface area contributed by atoms with Crippen molar-refractivity contribution in [3.05, 3.63) is 42.1 Å². The predicted molar refractivity (Wildman–Crippen MR) is 77.6 cm³/mol. The molecule has 0 amide bonds. The van der Waals surface area contributed by atoms with Crippen LogP contribution in [0.4, 0.5) is 0 Å². The van der Waals surface area contributed by atoms with E-state index in [2.05, 4.69) is 10.1 Å². The lowest BCUT2D eigenvalue weighted by molar-refractivity contribution is -0.143. The Bertz CT molecular complexity index is 609. The molecule has 1 aromatic heterocycles. The summed E-state index contributed by atoms with van der Waals surface area (Å²) in [6, 6.07) is 11.8. The number of likely N-dealkylation sites (tertiary alicyclic amines) is 1. The lowest BCUT2D eigenvalue weighted by Gasteiger charge is -2.29. The Morgan fingerprint density at radius 2 is 2.19 bits per heavy atom. The van der Waals surface area contributed by atoms with E-state index in [0.29, 0.717) is 13.1 Å². The van der Waals surface area contributed by atoms with Gasteiger partial charge in [0.25, 0.3) is 0 Å². The molecular formula is C16H18N2O3. The van der Waals surface area contributed by atoms with E-state index < -0.39 is 5.97 Å². The highest BCUT2D eigenvalue weighted by Gasteiger charge is 2.25. The number of carbonyl (C=O) groups is 1. The van der Waals surface area contributed by atoms with Crippen LogP contribution in [0.2, 0.25) is 0 Å². The molecule has 1 fully saturated rings. The fourth-order valence-electron chi connectivity index (χ4n) is 2.75. The van der Waals surface area contributed by atoms with Crippen LogP contribution in [0.25, 0.3) is 11.3 Å². The first-order valence-corrected chi connectivity index (χ1v) is 7.18. The molecule has 0 saturated carbocycles. The van der Waals surface area contributed by atoms with Gasteiger partial charge < -0.3 is 9.63 Å². The van der Waals surface area contributed by atoms with E-state index in [0.717, 1.165) is 36.4 Å². The molecule has 0 aliphatic carbocycles. The van der Waals surface area contributed by atoms with Crippen molar-refractivity contribution in [1.29, 1.82) is 0 Å². The van der Waals surface area contributed by atoms with Crippen molar-refractivity contribution in [3.63, 3.8) is 0 Å². The van der Waals surface area contributed by atoms with E-state index in [1.54, 1.807) is 0 Å². The zero-order valence-electron chi connectivity index (χ0n) is 11.7. The third-order valence-corrected chi connectivity index (χ3v) is 3.86. The Labute approximate surface area is 123 Å². The average molecular weight is 286 g/mol. The number of carboxylic acid groups (broad SMARTS) is 1. The second kappa shape index (κ2) is 6.10. The summed E-state index contributed by atoms with van der Waals surface area (Å²) in [5.74, 6) is -0.221. The monoisotopic (exact) mass is 286 g/mol. The molecule has 5 heteroatoms. The minimum atomic E-state index is -0.704. The van der Waals surface area contributed by atoms with Crippen molar-refractivity contribution in [3.8, 4) is 11.3 Å². The highest BCUT2D eigenvalue weighted by atomic mass is 16.5. The summed E-state index contributed by atoms with van der Waals surface area (Å²) < 4.78 is 5.37. The van der Waals surface area contributed by atoms with E-state index in [1.165, 1.54) is 0 Å². The van der Waals surface area contributed by atoms with E-state index >= 15 is 0 Å². The van der Waals surface area contributed by atoms with Crippen LogP contribution in [0.3, 0.4) is 0 Å². The molecule has 1 saturated heterocycles. The molecule has 2 heterocycles. The maximum absolute atomic E-state index is 11.1. The molecule has 3 rings (SSSR count). The van der Waals surface area contributed by atoms with Crippen LogP contribution in [0.15, 0.2) is 40.9 Å². The fraction of sp³-hybridized carbons (Fsp3) is 0.375. The van der Waals surface area contributed by atoms with Gasteiger partial charge in [-0.1, -0.05) is 35.5 Å². The number of hydrogen-bond acceptors (Lipinski definition) is 4. The van der Waals surface area contributed by atoms with Crippen molar-refractivity contribution in [2.75, 3.05) is 13.1 Å². The number of aromatic nitrogens is 1. The first-order chi connectivity index (χ1) is 10.2. The summed E-state index contributed by atoms with van der Waals surface area (Å²) in [5, 5.41) is 13.2. The van der Waals surface area contributed by atoms with Crippen molar-refractivity contribution >= 4 is 5.97 Å². The van der Waals surface area contributed by atoms with Crippen LogP contribution in [0.5, 0.6) is 0 Å². The molecule has 0 spiro atoms. The summed E-state index contributed by atoms with van der Waals surface area (Å²) in [4.78, 5) is 13.2. The molecule has 0 radical (unpaired) electrons. The van der Waals surface area contributed by atoms with Gasteiger partial charge in [0.1, 0.15) is 0 Å². The SMILES string of the molecule is O=C(O)C1CCCN(Cc2cc(-c3ccccc3)on2)C1. The van der Waals surface area contributed by atoms with E-state index in [1.807, 2.05) is 36.4 Å². The van der Waals surface area contributed by atoms with Crippen LogP contribution in [0.1, 0.15) is 18.5 Å². The average Bonchev–Trinajstić information content (AvgIpc) is 2.97. The van der Waals surface area contributed by atoms with Gasteiger partial charge in [-0.05, 0) is 19.4 Å². The third-order valence-electron chi connectivity index (χ3n) is 3.86. The molecule has 1 unspecified atom stereocenters. The Morgan fingerprint density at radius 3 is 2.95 bits per heavy atom. The van der Waals surface area contributed by atoms with Crippen molar-refractivity contribution in [1.82, 2.24) is 10.1 Å². The van der Waals surface area contributed by atoms with Gasteiger partial charge in [0.2, 0.25) is 0 Å². The number of nitrogens with zero attached hydrogens (tertiary/aromatic N) is 2. The summed E-state index contributed by atoms with van der Waals surface area (Å²) in [7, 11) is 0. The number of hydrogen-bond donors (Lipinski definition) is 1. The van der Waals surface area contributed by atoms with Crippen LogP contribution < -0.4 is 0 Å². The number of rotatable bonds is 4. The van der Waals surface area contributed by atoms with E-state index in [4.69, 9.17) is 9.63 Å². The van der Waals surface area contributed by atoms with Crippen LogP contribution in [-0.4, -0.2) is 34.2 Å². The predicted octanol–water partition coefficient (Wildman–Crippen LogP) is 2.64. The minimum absolute atomic E-state index is 0.265. The molecule has 1 aliphatic rings. The summed E-state index contributed by atoms with van der Waals surface area (Å²) >= 11 is 0. The zero-order chi connectivity index (χ0) is 14.7. The van der Waals surface area contributed by atoms with E-state index in [9.17, 15) is 4.79 Å². The molecule has 1 aliphatic heterocycles. The number of aliphatic carboxylic acids is 1. The maximum Gasteiger partial charge on any atom is 0.307 e. The molecule has 1 aromatic carbocycles. The lowest BCUT2D eigenvalue weighted by atomic mass is 9.98. The Hall–Kier alpha value is -2.14. The van der Waals surface area contributed by atoms with Gasteiger partial charge in [-0.2, -0.15) is 0 Å². The second-order valence-corrected chi connectivity index (χ2v) is 5.46. The smallest absolute Gasteiger partial charge is 0.307 e. The molecule has 5 nitrogen and oxygen atoms in total. The summed E-state index contributed by atoms with van der Waals surface area (Å²) in [6.07, 6.45) is 1.68. The summed E-state index contributed by atoms with van der Waals surface area (Å²) in [5.41, 5.74) is 1.85.